The number of hydrogen-bond acceptors (Lipinski definition) is 3. The largest absolute Gasteiger partial charge is 0.482 e. The van der Waals surface area contributed by atoms with Crippen molar-refractivity contribution < 1.29 is 14.3 Å². The number of carbonyl (C=O) groups is 2. The van der Waals surface area contributed by atoms with E-state index in [-0.39, 0.29) is 24.8 Å². The van der Waals surface area contributed by atoms with Crippen molar-refractivity contribution in [3.8, 4) is 5.75 Å². The van der Waals surface area contributed by atoms with E-state index in [1.165, 1.54) is 0 Å². The highest BCUT2D eigenvalue weighted by Gasteiger charge is 2.12. The molecule has 3 aromatic carbocycles. The number of anilines is 1. The van der Waals surface area contributed by atoms with Gasteiger partial charge in [-0.2, -0.15) is 0 Å². The number of fused-ring (bicyclic) bond motifs is 1. The standard InChI is InChI=1S/C24H25ClN2O3/c1-3-27(4-2)24(29)16-30-22-12-11-20(15-21(22)25)26-23(28)14-17-9-10-18-7-5-6-8-19(18)13-17/h5-13,15H,3-4,14,16H2,1-2H3,(H,26,28). The van der Waals surface area contributed by atoms with Crippen LogP contribution in [0.3, 0.4) is 0 Å². The summed E-state index contributed by atoms with van der Waals surface area (Å²) in [6.45, 7) is 5.03. The first kappa shape index (κ1) is 21.7. The zero-order valence-corrected chi connectivity index (χ0v) is 17.9. The number of amides is 2. The third-order valence-electron chi connectivity index (χ3n) is 4.86. The van der Waals surface area contributed by atoms with Gasteiger partial charge in [0.25, 0.3) is 5.91 Å². The van der Waals surface area contributed by atoms with Gasteiger partial charge in [-0.15, -0.1) is 0 Å². The molecule has 6 heteroatoms. The van der Waals surface area contributed by atoms with E-state index in [2.05, 4.69) is 5.32 Å². The van der Waals surface area contributed by atoms with Gasteiger partial charge < -0.3 is 15.0 Å². The van der Waals surface area contributed by atoms with Crippen LogP contribution in [0.15, 0.2) is 60.7 Å². The second kappa shape index (κ2) is 10.1. The molecule has 0 radical (unpaired) electrons. The van der Waals surface area contributed by atoms with E-state index in [4.69, 9.17) is 16.3 Å². The highest BCUT2D eigenvalue weighted by atomic mass is 35.5. The zero-order chi connectivity index (χ0) is 21.5. The fraction of sp³-hybridized carbons (Fsp3) is 0.250. The molecular weight excluding hydrogens is 400 g/mol. The number of nitrogens with zero attached hydrogens (tertiary/aromatic N) is 1. The van der Waals surface area contributed by atoms with Gasteiger partial charge in [-0.1, -0.05) is 54.1 Å². The van der Waals surface area contributed by atoms with Crippen LogP contribution in [-0.4, -0.2) is 36.4 Å². The Morgan fingerprint density at radius 3 is 2.40 bits per heavy atom. The maximum Gasteiger partial charge on any atom is 0.260 e. The Labute approximate surface area is 181 Å². The SMILES string of the molecule is CCN(CC)C(=O)COc1ccc(NC(=O)Cc2ccc3ccccc3c2)cc1Cl. The van der Waals surface area contributed by atoms with Gasteiger partial charge >= 0.3 is 0 Å². The summed E-state index contributed by atoms with van der Waals surface area (Å²) in [5.74, 6) is 0.181. The Morgan fingerprint density at radius 1 is 0.967 bits per heavy atom. The first-order chi connectivity index (χ1) is 14.5. The molecule has 0 aromatic heterocycles. The number of ether oxygens (including phenoxy) is 1. The summed E-state index contributed by atoms with van der Waals surface area (Å²) in [5.41, 5.74) is 1.51. The van der Waals surface area contributed by atoms with Crippen molar-refractivity contribution in [3.05, 3.63) is 71.2 Å². The van der Waals surface area contributed by atoms with Gasteiger partial charge in [0.15, 0.2) is 6.61 Å². The molecule has 0 saturated heterocycles. The number of benzene rings is 3. The average Bonchev–Trinajstić information content (AvgIpc) is 2.74. The number of carbonyl (C=O) groups excluding carboxylic acids is 2. The van der Waals surface area contributed by atoms with Crippen molar-refractivity contribution in [1.29, 1.82) is 0 Å². The van der Waals surface area contributed by atoms with Crippen LogP contribution in [0.1, 0.15) is 19.4 Å². The van der Waals surface area contributed by atoms with Crippen LogP contribution in [0.25, 0.3) is 10.8 Å². The summed E-state index contributed by atoms with van der Waals surface area (Å²) >= 11 is 6.27. The third kappa shape index (κ3) is 5.51. The van der Waals surface area contributed by atoms with Gasteiger partial charge in [-0.25, -0.2) is 0 Å². The van der Waals surface area contributed by atoms with Crippen molar-refractivity contribution in [1.82, 2.24) is 4.90 Å². The van der Waals surface area contributed by atoms with E-state index in [9.17, 15) is 9.59 Å². The summed E-state index contributed by atoms with van der Waals surface area (Å²) in [5, 5.41) is 5.44. The van der Waals surface area contributed by atoms with E-state index < -0.39 is 0 Å². The highest BCUT2D eigenvalue weighted by molar-refractivity contribution is 6.32. The summed E-state index contributed by atoms with van der Waals surface area (Å²) in [6.07, 6.45) is 0.263. The van der Waals surface area contributed by atoms with Gasteiger partial charge in [0, 0.05) is 18.8 Å². The number of nitrogens with one attached hydrogen (secondary N) is 1. The molecule has 3 rings (SSSR count). The van der Waals surface area contributed by atoms with Crippen molar-refractivity contribution in [3.63, 3.8) is 0 Å². The average molecular weight is 425 g/mol. The first-order valence-electron chi connectivity index (χ1n) is 9.97. The van der Waals surface area contributed by atoms with Crippen molar-refractivity contribution in [2.24, 2.45) is 0 Å². The van der Waals surface area contributed by atoms with Crippen LogP contribution in [0.2, 0.25) is 5.02 Å². The van der Waals surface area contributed by atoms with E-state index >= 15 is 0 Å². The molecule has 156 valence electrons. The van der Waals surface area contributed by atoms with Crippen LogP contribution in [0.5, 0.6) is 5.75 Å². The smallest absolute Gasteiger partial charge is 0.260 e. The minimum absolute atomic E-state index is 0.0743. The lowest BCUT2D eigenvalue weighted by Gasteiger charge is -2.19. The molecule has 2 amide bonds. The quantitative estimate of drug-likeness (QED) is 0.558. The molecule has 0 bridgehead atoms. The van der Waals surface area contributed by atoms with Gasteiger partial charge in [0.2, 0.25) is 5.91 Å². The Kier molecular flexibility index (Phi) is 7.31. The molecule has 0 aliphatic carbocycles. The molecule has 0 heterocycles. The Bertz CT molecular complexity index is 1050. The normalized spacial score (nSPS) is 10.6. The Hall–Kier alpha value is -3.05. The minimum Gasteiger partial charge on any atom is -0.482 e. The van der Waals surface area contributed by atoms with Gasteiger partial charge in [-0.05, 0) is 48.4 Å². The summed E-state index contributed by atoms with van der Waals surface area (Å²) in [7, 11) is 0. The van der Waals surface area contributed by atoms with Gasteiger partial charge in [0.1, 0.15) is 5.75 Å². The van der Waals surface area contributed by atoms with Crippen LogP contribution < -0.4 is 10.1 Å². The summed E-state index contributed by atoms with van der Waals surface area (Å²) < 4.78 is 5.54. The number of likely N-dealkylation sites (N-methyl/N-ethyl adjacent to an activating group) is 1. The predicted molar refractivity (Wildman–Crippen MR) is 121 cm³/mol. The number of rotatable bonds is 8. The van der Waals surface area contributed by atoms with Crippen LogP contribution in [0, 0.1) is 0 Å². The van der Waals surface area contributed by atoms with Crippen LogP contribution >= 0.6 is 11.6 Å². The van der Waals surface area contributed by atoms with Crippen LogP contribution in [0.4, 0.5) is 5.69 Å². The second-order valence-corrected chi connectivity index (χ2v) is 7.31. The van der Waals surface area contributed by atoms with Gasteiger partial charge in [0.05, 0.1) is 11.4 Å². The molecule has 5 nitrogen and oxygen atoms in total. The molecule has 0 saturated carbocycles. The fourth-order valence-corrected chi connectivity index (χ4v) is 3.48. The van der Waals surface area contributed by atoms with Crippen molar-refractivity contribution in [2.75, 3.05) is 25.0 Å². The zero-order valence-electron chi connectivity index (χ0n) is 17.2. The Morgan fingerprint density at radius 2 is 1.70 bits per heavy atom. The van der Waals surface area contributed by atoms with Crippen molar-refractivity contribution in [2.45, 2.75) is 20.3 Å². The van der Waals surface area contributed by atoms with E-state index in [0.717, 1.165) is 16.3 Å². The van der Waals surface area contributed by atoms with Gasteiger partial charge in [-0.3, -0.25) is 9.59 Å². The van der Waals surface area contributed by atoms with E-state index in [1.54, 1.807) is 23.1 Å². The lowest BCUT2D eigenvalue weighted by Crippen LogP contribution is -2.34. The molecule has 0 atom stereocenters. The molecule has 0 fully saturated rings. The molecule has 0 spiro atoms. The summed E-state index contributed by atoms with van der Waals surface area (Å²) in [4.78, 5) is 26.2. The highest BCUT2D eigenvalue weighted by Crippen LogP contribution is 2.28. The topological polar surface area (TPSA) is 58.6 Å². The molecule has 3 aromatic rings. The fourth-order valence-electron chi connectivity index (χ4n) is 3.24. The number of halogens is 1. The minimum atomic E-state index is -0.133. The van der Waals surface area contributed by atoms with E-state index in [0.29, 0.717) is 29.5 Å². The monoisotopic (exact) mass is 424 g/mol. The lowest BCUT2D eigenvalue weighted by molar-refractivity contribution is -0.133. The molecule has 1 N–H and O–H groups in total. The van der Waals surface area contributed by atoms with Crippen molar-refractivity contribution >= 4 is 39.9 Å². The first-order valence-corrected chi connectivity index (χ1v) is 10.4. The second-order valence-electron chi connectivity index (χ2n) is 6.91. The maximum absolute atomic E-state index is 12.4. The Balaban J connectivity index is 1.59. The molecule has 30 heavy (non-hydrogen) atoms. The lowest BCUT2D eigenvalue weighted by atomic mass is 10.0. The molecular formula is C24H25ClN2O3. The molecule has 0 aliphatic rings. The molecule has 0 aliphatic heterocycles. The predicted octanol–water partition coefficient (Wildman–Crippen LogP) is 4.92. The van der Waals surface area contributed by atoms with E-state index in [1.807, 2.05) is 56.3 Å². The van der Waals surface area contributed by atoms with Crippen LogP contribution in [-0.2, 0) is 16.0 Å². The molecule has 0 unspecified atom stereocenters. The number of hydrogen-bond donors (Lipinski definition) is 1. The maximum atomic E-state index is 12.4. The third-order valence-corrected chi connectivity index (χ3v) is 5.16. The summed E-state index contributed by atoms with van der Waals surface area (Å²) in [6, 6.07) is 19.0.